The highest BCUT2D eigenvalue weighted by molar-refractivity contribution is 7.26. The van der Waals surface area contributed by atoms with E-state index in [2.05, 4.69) is 66.7 Å². The van der Waals surface area contributed by atoms with Gasteiger partial charge in [0.25, 0.3) is 0 Å². The molecule has 1 N–H and O–H groups in total. The first-order valence-electron chi connectivity index (χ1n) is 11.1. The molecule has 158 valence electrons. The second-order valence-corrected chi connectivity index (χ2v) is 10.9. The van der Waals surface area contributed by atoms with E-state index in [0.717, 1.165) is 5.46 Å². The molecule has 0 amide bonds. The minimum Gasteiger partial charge on any atom is -0.427 e. The van der Waals surface area contributed by atoms with Gasteiger partial charge in [0.05, 0.1) is 11.2 Å². The van der Waals surface area contributed by atoms with E-state index in [4.69, 9.17) is 4.65 Å². The molecule has 1 aromatic heterocycles. The molecule has 0 spiro atoms. The van der Waals surface area contributed by atoms with Crippen molar-refractivity contribution in [2.75, 3.05) is 0 Å². The molecule has 0 unspecified atom stereocenters. The minimum atomic E-state index is -0.911. The maximum absolute atomic E-state index is 10.4. The molecular weight excluding hydrogens is 411 g/mol. The largest absolute Gasteiger partial charge is 0.427 e. The van der Waals surface area contributed by atoms with E-state index in [9.17, 15) is 5.11 Å². The summed E-state index contributed by atoms with van der Waals surface area (Å²) in [6.07, 6.45) is 0. The lowest BCUT2D eigenvalue weighted by Crippen LogP contribution is -2.49. The zero-order valence-corrected chi connectivity index (χ0v) is 19.6. The number of hydrogen-bond acceptors (Lipinski definition) is 3. The third-order valence-electron chi connectivity index (χ3n) is 7.24. The van der Waals surface area contributed by atoms with Crippen LogP contribution in [0, 0.1) is 0 Å². The molecule has 0 radical (unpaired) electrons. The van der Waals surface area contributed by atoms with Gasteiger partial charge in [-0.2, -0.15) is 0 Å². The van der Waals surface area contributed by atoms with Crippen LogP contribution in [0.2, 0.25) is 0 Å². The van der Waals surface area contributed by atoms with Crippen LogP contribution in [-0.4, -0.2) is 23.8 Å². The molecule has 0 saturated heterocycles. The fraction of sp³-hybridized carbons (Fsp3) is 0.214. The first kappa shape index (κ1) is 20.0. The van der Waals surface area contributed by atoms with E-state index in [1.807, 2.05) is 25.2 Å². The fourth-order valence-electron chi connectivity index (χ4n) is 4.67. The molecule has 4 heteroatoms. The van der Waals surface area contributed by atoms with Crippen LogP contribution >= 0.6 is 11.3 Å². The molecule has 1 aliphatic carbocycles. The Balaban J connectivity index is 1.50. The summed E-state index contributed by atoms with van der Waals surface area (Å²) < 4.78 is 8.74. The Hall–Kier alpha value is -2.66. The molecule has 5 aromatic rings. The van der Waals surface area contributed by atoms with Gasteiger partial charge in [-0.15, -0.1) is 11.3 Å². The first-order chi connectivity index (χ1) is 15.2. The van der Waals surface area contributed by atoms with E-state index in [1.54, 1.807) is 13.8 Å². The van der Waals surface area contributed by atoms with Crippen molar-refractivity contribution < 1.29 is 9.76 Å². The lowest BCUT2D eigenvalue weighted by Gasteiger charge is -2.37. The molecule has 2 nitrogen and oxygen atoms in total. The Morgan fingerprint density at radius 1 is 0.750 bits per heavy atom. The summed E-state index contributed by atoms with van der Waals surface area (Å²) in [5.74, 6) is 0. The highest BCUT2D eigenvalue weighted by Crippen LogP contribution is 2.51. The predicted molar refractivity (Wildman–Crippen MR) is 140 cm³/mol. The van der Waals surface area contributed by atoms with Gasteiger partial charge in [-0.3, -0.25) is 0 Å². The lowest BCUT2D eigenvalue weighted by molar-refractivity contribution is -0.0893. The Bertz CT molecular complexity index is 1540. The van der Waals surface area contributed by atoms with Crippen molar-refractivity contribution in [2.24, 2.45) is 0 Å². The summed E-state index contributed by atoms with van der Waals surface area (Å²) >= 11 is 1.86. The zero-order valence-electron chi connectivity index (χ0n) is 18.8. The van der Waals surface area contributed by atoms with Gasteiger partial charge >= 0.3 is 7.48 Å². The van der Waals surface area contributed by atoms with Gasteiger partial charge in [-0.1, -0.05) is 60.1 Å². The number of rotatable bonds is 4. The number of hydrogen-bond donors (Lipinski definition) is 1. The van der Waals surface area contributed by atoms with Gasteiger partial charge in [0.2, 0.25) is 0 Å². The third-order valence-corrected chi connectivity index (χ3v) is 8.44. The van der Waals surface area contributed by atoms with Crippen molar-refractivity contribution >= 4 is 55.2 Å². The molecule has 0 aliphatic heterocycles. The van der Waals surface area contributed by atoms with Crippen molar-refractivity contribution in [3.8, 4) is 22.3 Å². The Kier molecular flexibility index (Phi) is 4.17. The van der Waals surface area contributed by atoms with Gasteiger partial charge in [0.15, 0.2) is 0 Å². The minimum absolute atomic E-state index is 0.477. The Morgan fingerprint density at radius 2 is 1.47 bits per heavy atom. The second-order valence-electron chi connectivity index (χ2n) is 9.87. The van der Waals surface area contributed by atoms with Crippen LogP contribution in [0.5, 0.6) is 0 Å². The smallest absolute Gasteiger partial charge is 0.309 e. The number of aliphatic hydroxyl groups is 1. The van der Waals surface area contributed by atoms with E-state index < -0.39 is 11.2 Å². The first-order valence-corrected chi connectivity index (χ1v) is 11.9. The summed E-state index contributed by atoms with van der Waals surface area (Å²) in [5, 5.41) is 15.7. The Labute approximate surface area is 192 Å². The summed E-state index contributed by atoms with van der Waals surface area (Å²) in [6, 6.07) is 24.5. The van der Waals surface area contributed by atoms with Crippen LogP contribution in [0.3, 0.4) is 0 Å². The molecule has 1 heterocycles. The van der Waals surface area contributed by atoms with Crippen molar-refractivity contribution in [1.29, 1.82) is 0 Å². The van der Waals surface area contributed by atoms with Crippen LogP contribution in [0.25, 0.3) is 53.2 Å². The fourth-order valence-corrected chi connectivity index (χ4v) is 5.95. The summed E-state index contributed by atoms with van der Waals surface area (Å²) in [5.41, 5.74) is 4.94. The van der Waals surface area contributed by atoms with Gasteiger partial charge < -0.3 is 9.76 Å². The zero-order chi connectivity index (χ0) is 22.3. The average molecular weight is 436 g/mol. The molecule has 0 fully saturated rings. The maximum Gasteiger partial charge on any atom is 0.309 e. The highest BCUT2D eigenvalue weighted by Gasteiger charge is 2.35. The van der Waals surface area contributed by atoms with Gasteiger partial charge in [-0.05, 0) is 67.5 Å². The van der Waals surface area contributed by atoms with Crippen LogP contribution in [0.15, 0.2) is 66.7 Å². The number of fused-ring (bicyclic) bond motifs is 7. The van der Waals surface area contributed by atoms with E-state index in [1.165, 1.54) is 53.2 Å². The predicted octanol–water partition coefficient (Wildman–Crippen LogP) is 6.40. The summed E-state index contributed by atoms with van der Waals surface area (Å²) in [4.78, 5) is 0. The molecule has 1 aliphatic rings. The topological polar surface area (TPSA) is 29.5 Å². The molecule has 6 rings (SSSR count). The quantitative estimate of drug-likeness (QED) is 0.324. The molecule has 32 heavy (non-hydrogen) atoms. The highest BCUT2D eigenvalue weighted by atomic mass is 32.1. The van der Waals surface area contributed by atoms with E-state index in [-0.39, 0.29) is 0 Å². The van der Waals surface area contributed by atoms with E-state index in [0.29, 0.717) is 7.48 Å². The van der Waals surface area contributed by atoms with Crippen molar-refractivity contribution in [2.45, 2.75) is 38.9 Å². The van der Waals surface area contributed by atoms with Crippen LogP contribution in [0.4, 0.5) is 0 Å². The van der Waals surface area contributed by atoms with Gasteiger partial charge in [0.1, 0.15) is 0 Å². The Morgan fingerprint density at radius 3 is 2.22 bits per heavy atom. The summed E-state index contributed by atoms with van der Waals surface area (Å²) in [6.45, 7) is 7.46. The van der Waals surface area contributed by atoms with Gasteiger partial charge in [0, 0.05) is 25.6 Å². The molecule has 0 atom stereocenters. The standard InChI is InChI=1S/C28H25BO2S/c1-27(2,30)28(3,4)31-29-16-12-13-19-23-15-22-18-9-6-5-8-17(18)20-10-7-11-21(25(20)22)26(23)32-24(19)14-16/h5-15,29-30H,1-4H3. The number of benzene rings is 4. The normalized spacial score (nSPS) is 13.3. The van der Waals surface area contributed by atoms with Crippen LogP contribution < -0.4 is 5.46 Å². The van der Waals surface area contributed by atoms with E-state index >= 15 is 0 Å². The molecule has 0 saturated carbocycles. The van der Waals surface area contributed by atoms with Crippen molar-refractivity contribution in [3.63, 3.8) is 0 Å². The maximum atomic E-state index is 10.4. The summed E-state index contributed by atoms with van der Waals surface area (Å²) in [7, 11) is 0.477. The lowest BCUT2D eigenvalue weighted by atomic mass is 9.82. The molecule has 0 bridgehead atoms. The van der Waals surface area contributed by atoms with Crippen molar-refractivity contribution in [1.82, 2.24) is 0 Å². The van der Waals surface area contributed by atoms with Crippen LogP contribution in [0.1, 0.15) is 27.7 Å². The van der Waals surface area contributed by atoms with Crippen LogP contribution in [-0.2, 0) is 4.65 Å². The SMILES string of the molecule is CC(C)(O)C(C)(C)OBc1ccc2c(c1)sc1c3cccc4c3c(cc21)-c1ccccc1-4. The second kappa shape index (κ2) is 6.68. The monoisotopic (exact) mass is 436 g/mol. The van der Waals surface area contributed by atoms with Crippen molar-refractivity contribution in [3.05, 3.63) is 66.7 Å². The molecular formula is C28H25BO2S. The molecule has 4 aromatic carbocycles. The third kappa shape index (κ3) is 2.80. The average Bonchev–Trinajstić information content (AvgIpc) is 3.29. The number of thiophene rings is 1. The van der Waals surface area contributed by atoms with Gasteiger partial charge in [-0.25, -0.2) is 0 Å².